The van der Waals surface area contributed by atoms with Crippen molar-refractivity contribution in [2.75, 3.05) is 6.61 Å². The third-order valence-electron chi connectivity index (χ3n) is 4.67. The molecule has 2 N–H and O–H groups in total. The normalized spacial score (nSPS) is 13.6. The molecule has 0 fully saturated rings. The zero-order valence-electron chi connectivity index (χ0n) is 16.2. The Labute approximate surface area is 171 Å². The van der Waals surface area contributed by atoms with Gasteiger partial charge in [0.05, 0.1) is 35.2 Å². The van der Waals surface area contributed by atoms with E-state index in [2.05, 4.69) is 22.0 Å². The van der Waals surface area contributed by atoms with Gasteiger partial charge in [-0.3, -0.25) is 4.79 Å². The van der Waals surface area contributed by atoms with Crippen molar-refractivity contribution in [1.29, 1.82) is 0 Å². The van der Waals surface area contributed by atoms with E-state index in [9.17, 15) is 9.90 Å². The van der Waals surface area contributed by atoms with Gasteiger partial charge in [0, 0.05) is 18.3 Å². The highest BCUT2D eigenvalue weighted by Gasteiger charge is 2.14. The van der Waals surface area contributed by atoms with Crippen molar-refractivity contribution in [1.82, 2.24) is 19.7 Å². The molecule has 150 valence electrons. The van der Waals surface area contributed by atoms with E-state index in [0.29, 0.717) is 13.2 Å². The monoisotopic (exact) mass is 410 g/mol. The van der Waals surface area contributed by atoms with Gasteiger partial charge in [-0.1, -0.05) is 30.4 Å². The van der Waals surface area contributed by atoms with E-state index >= 15 is 0 Å². The number of hydrogen-bond acceptors (Lipinski definition) is 6. The number of thiazole rings is 1. The lowest BCUT2D eigenvalue weighted by molar-refractivity contribution is 0.0375. The number of nitrogens with one attached hydrogen (secondary N) is 1. The number of fused-ring (bicyclic) bond motifs is 1. The molecule has 0 radical (unpaired) electrons. The summed E-state index contributed by atoms with van der Waals surface area (Å²) in [6, 6.07) is 11.8. The number of H-pyrrole nitrogens is 1. The molecule has 0 amide bonds. The molecule has 0 aliphatic carbocycles. The highest BCUT2D eigenvalue weighted by molar-refractivity contribution is 7.16. The second kappa shape index (κ2) is 8.28. The molecular formula is C21H22N4O3S. The van der Waals surface area contributed by atoms with E-state index in [-0.39, 0.29) is 10.8 Å². The number of ether oxygens (including phenoxy) is 1. The number of aliphatic hydroxyl groups excluding tert-OH is 1. The first-order valence-electron chi connectivity index (χ1n) is 9.39. The number of aromatic amines is 1. The van der Waals surface area contributed by atoms with Gasteiger partial charge < -0.3 is 14.8 Å². The van der Waals surface area contributed by atoms with Crippen LogP contribution in [-0.4, -0.2) is 37.6 Å². The maximum absolute atomic E-state index is 11.5. The third-order valence-corrected chi connectivity index (χ3v) is 5.52. The zero-order chi connectivity index (χ0) is 20.4. The fourth-order valence-corrected chi connectivity index (χ4v) is 3.87. The van der Waals surface area contributed by atoms with Crippen LogP contribution in [0.3, 0.4) is 0 Å². The summed E-state index contributed by atoms with van der Waals surface area (Å²) in [6.45, 7) is 4.50. The average Bonchev–Trinajstić information content (AvgIpc) is 3.33. The second-order valence-corrected chi connectivity index (χ2v) is 8.08. The number of aromatic nitrogens is 4. The number of aliphatic hydroxyl groups is 1. The van der Waals surface area contributed by atoms with Crippen LogP contribution in [0.25, 0.3) is 16.0 Å². The van der Waals surface area contributed by atoms with Crippen LogP contribution < -0.4 is 4.87 Å². The van der Waals surface area contributed by atoms with Gasteiger partial charge in [0.25, 0.3) is 0 Å². The minimum atomic E-state index is -0.479. The van der Waals surface area contributed by atoms with E-state index in [0.717, 1.165) is 32.9 Å². The molecule has 29 heavy (non-hydrogen) atoms. The molecule has 0 bridgehead atoms. The largest absolute Gasteiger partial charge is 0.391 e. The van der Waals surface area contributed by atoms with E-state index in [4.69, 9.17) is 4.74 Å². The number of benzene rings is 1. The van der Waals surface area contributed by atoms with Crippen molar-refractivity contribution >= 4 is 21.6 Å². The van der Waals surface area contributed by atoms with Crippen molar-refractivity contribution in [3.8, 4) is 5.82 Å². The molecule has 4 rings (SSSR count). The van der Waals surface area contributed by atoms with Crippen molar-refractivity contribution in [3.63, 3.8) is 0 Å². The van der Waals surface area contributed by atoms with E-state index < -0.39 is 6.10 Å². The lowest BCUT2D eigenvalue weighted by atomic mass is 9.98. The minimum absolute atomic E-state index is 0.0418. The first kappa shape index (κ1) is 19.5. The fraction of sp³-hybridized carbons (Fsp3) is 0.286. The Kier molecular flexibility index (Phi) is 5.57. The minimum Gasteiger partial charge on any atom is -0.391 e. The Morgan fingerprint density at radius 2 is 2.10 bits per heavy atom. The van der Waals surface area contributed by atoms with Gasteiger partial charge in [0.15, 0.2) is 5.82 Å². The number of nitrogens with zero attached hydrogens (tertiary/aromatic N) is 3. The number of pyridine rings is 1. The van der Waals surface area contributed by atoms with Gasteiger partial charge in [-0.05, 0) is 42.3 Å². The highest BCUT2D eigenvalue weighted by Crippen LogP contribution is 2.26. The smallest absolute Gasteiger partial charge is 0.305 e. The number of hydrogen-bond donors (Lipinski definition) is 2. The van der Waals surface area contributed by atoms with Gasteiger partial charge in [0.1, 0.15) is 0 Å². The fourth-order valence-electron chi connectivity index (χ4n) is 3.08. The van der Waals surface area contributed by atoms with Crippen LogP contribution in [0, 0.1) is 0 Å². The van der Waals surface area contributed by atoms with Crippen LogP contribution in [0.5, 0.6) is 0 Å². The summed E-state index contributed by atoms with van der Waals surface area (Å²) in [6.07, 6.45) is 3.17. The van der Waals surface area contributed by atoms with Crippen LogP contribution in [0.15, 0.2) is 53.6 Å². The van der Waals surface area contributed by atoms with Gasteiger partial charge in [-0.15, -0.1) is 0 Å². The maximum Gasteiger partial charge on any atom is 0.305 e. The molecule has 0 aliphatic rings. The Hall–Kier alpha value is -2.81. The quantitative estimate of drug-likeness (QED) is 0.488. The average molecular weight is 410 g/mol. The summed E-state index contributed by atoms with van der Waals surface area (Å²) >= 11 is 1.22. The molecule has 0 saturated heterocycles. The van der Waals surface area contributed by atoms with Crippen LogP contribution in [0.1, 0.15) is 36.6 Å². The molecule has 1 aromatic carbocycles. The van der Waals surface area contributed by atoms with Crippen LogP contribution in [0.4, 0.5) is 0 Å². The molecule has 2 unspecified atom stereocenters. The van der Waals surface area contributed by atoms with Crippen LogP contribution >= 0.6 is 11.3 Å². The molecule has 3 aromatic heterocycles. The summed E-state index contributed by atoms with van der Waals surface area (Å²) in [4.78, 5) is 18.8. The molecule has 4 aromatic rings. The summed E-state index contributed by atoms with van der Waals surface area (Å²) in [5, 5.41) is 13.9. The summed E-state index contributed by atoms with van der Waals surface area (Å²) in [5.41, 5.74) is 3.84. The van der Waals surface area contributed by atoms with Crippen LogP contribution in [-0.2, 0) is 11.3 Å². The Balaban J connectivity index is 1.48. The second-order valence-electron chi connectivity index (χ2n) is 7.07. The van der Waals surface area contributed by atoms with Gasteiger partial charge in [0.2, 0.25) is 0 Å². The molecule has 2 atom stereocenters. The maximum atomic E-state index is 11.5. The summed E-state index contributed by atoms with van der Waals surface area (Å²) in [5.74, 6) is 0.813. The Morgan fingerprint density at radius 1 is 1.24 bits per heavy atom. The Bertz CT molecular complexity index is 1160. The topological polar surface area (TPSA) is 93.0 Å². The predicted octanol–water partition coefficient (Wildman–Crippen LogP) is 3.22. The lowest BCUT2D eigenvalue weighted by Gasteiger charge is -2.09. The van der Waals surface area contributed by atoms with Crippen molar-refractivity contribution in [2.45, 2.75) is 32.5 Å². The first-order valence-corrected chi connectivity index (χ1v) is 10.2. The molecule has 0 aliphatic heterocycles. The molecule has 0 saturated carbocycles. The van der Waals surface area contributed by atoms with Crippen molar-refractivity contribution in [2.24, 2.45) is 0 Å². The molecular weight excluding hydrogens is 388 g/mol. The SMILES string of the molecule is CC(O)COCc1ccc(-n2ccc(C(C)c3ccc4[nH]c(=O)sc4c3)n2)nc1. The molecule has 0 spiro atoms. The Morgan fingerprint density at radius 3 is 2.86 bits per heavy atom. The van der Waals surface area contributed by atoms with Crippen molar-refractivity contribution < 1.29 is 9.84 Å². The standard InChI is InChI=1S/C21H22N4O3S/c1-13(26)11-28-12-15-3-6-20(22-10-15)25-8-7-17(24-25)14(2)16-4-5-18-19(9-16)29-21(27)23-18/h3-10,13-14,26H,11-12H2,1-2H3,(H,23,27). The molecule has 3 heterocycles. The summed E-state index contributed by atoms with van der Waals surface area (Å²) < 4.78 is 8.11. The predicted molar refractivity (Wildman–Crippen MR) is 113 cm³/mol. The zero-order valence-corrected chi connectivity index (χ0v) is 17.0. The van der Waals surface area contributed by atoms with Gasteiger partial charge in [-0.2, -0.15) is 5.10 Å². The molecule has 7 nitrogen and oxygen atoms in total. The van der Waals surface area contributed by atoms with E-state index in [1.54, 1.807) is 17.8 Å². The third kappa shape index (κ3) is 4.45. The van der Waals surface area contributed by atoms with E-state index in [1.165, 1.54) is 11.3 Å². The van der Waals surface area contributed by atoms with Crippen molar-refractivity contribution in [3.05, 3.63) is 75.3 Å². The highest BCUT2D eigenvalue weighted by atomic mass is 32.1. The lowest BCUT2D eigenvalue weighted by Crippen LogP contribution is -2.10. The number of rotatable bonds is 7. The van der Waals surface area contributed by atoms with Gasteiger partial charge >= 0.3 is 4.87 Å². The van der Waals surface area contributed by atoms with Crippen LogP contribution in [0.2, 0.25) is 0 Å². The first-order chi connectivity index (χ1) is 14.0. The summed E-state index contributed by atoms with van der Waals surface area (Å²) in [7, 11) is 0. The van der Waals surface area contributed by atoms with Gasteiger partial charge in [-0.25, -0.2) is 9.67 Å². The van der Waals surface area contributed by atoms with E-state index in [1.807, 2.05) is 42.6 Å². The molecule has 8 heteroatoms.